The van der Waals surface area contributed by atoms with Gasteiger partial charge in [-0.1, -0.05) is 11.6 Å². The molecule has 0 atom stereocenters. The monoisotopic (exact) mass is 280 g/mol. The highest BCUT2D eigenvalue weighted by molar-refractivity contribution is 6.31. The van der Waals surface area contributed by atoms with Gasteiger partial charge < -0.3 is 10.2 Å². The quantitative estimate of drug-likeness (QED) is 0.923. The van der Waals surface area contributed by atoms with Gasteiger partial charge in [0.05, 0.1) is 0 Å². The molecule has 0 aliphatic carbocycles. The number of hydrogen-bond donors (Lipinski definition) is 1. The Labute approximate surface area is 119 Å². The number of benzene rings is 1. The summed E-state index contributed by atoms with van der Waals surface area (Å²) in [6.45, 7) is 6.72. The molecular weight excluding hydrogens is 260 g/mol. The highest BCUT2D eigenvalue weighted by Crippen LogP contribution is 2.20. The lowest BCUT2D eigenvalue weighted by molar-refractivity contribution is 0.0656. The molecule has 1 amide bonds. The summed E-state index contributed by atoms with van der Waals surface area (Å²) in [4.78, 5) is 14.6. The summed E-state index contributed by atoms with van der Waals surface area (Å²) in [7, 11) is 0. The Morgan fingerprint density at radius 2 is 2.11 bits per heavy atom. The molecule has 1 saturated heterocycles. The minimum atomic E-state index is 0.120. The molecule has 0 bridgehead atoms. The Morgan fingerprint density at radius 1 is 1.42 bits per heavy atom. The van der Waals surface area contributed by atoms with Crippen LogP contribution in [0.2, 0.25) is 5.02 Å². The van der Waals surface area contributed by atoms with Crippen LogP contribution in [0.15, 0.2) is 18.2 Å². The number of aryl methyl sites for hydroxylation is 1. The zero-order valence-electron chi connectivity index (χ0n) is 11.6. The minimum Gasteiger partial charge on any atom is -0.336 e. The number of halogens is 1. The van der Waals surface area contributed by atoms with Gasteiger partial charge in [0.25, 0.3) is 5.91 Å². The van der Waals surface area contributed by atoms with Crippen LogP contribution < -0.4 is 5.32 Å². The fourth-order valence-electron chi connectivity index (χ4n) is 2.63. The van der Waals surface area contributed by atoms with Crippen molar-refractivity contribution >= 4 is 17.5 Å². The average molecular weight is 281 g/mol. The average Bonchev–Trinajstić information content (AvgIpc) is 2.44. The van der Waals surface area contributed by atoms with E-state index in [1.807, 2.05) is 30.9 Å². The van der Waals surface area contributed by atoms with Gasteiger partial charge in [-0.05, 0) is 63.5 Å². The maximum absolute atomic E-state index is 12.6. The van der Waals surface area contributed by atoms with Crippen molar-refractivity contribution in [1.29, 1.82) is 0 Å². The van der Waals surface area contributed by atoms with Crippen molar-refractivity contribution in [3.63, 3.8) is 0 Å². The van der Waals surface area contributed by atoms with Crippen molar-refractivity contribution in [2.75, 3.05) is 19.6 Å². The summed E-state index contributed by atoms with van der Waals surface area (Å²) in [5.41, 5.74) is 1.69. The van der Waals surface area contributed by atoms with Crippen molar-refractivity contribution in [2.45, 2.75) is 32.7 Å². The normalized spacial score (nSPS) is 16.4. The molecule has 3 nitrogen and oxygen atoms in total. The number of piperidine rings is 1. The summed E-state index contributed by atoms with van der Waals surface area (Å²) < 4.78 is 0. The van der Waals surface area contributed by atoms with Crippen molar-refractivity contribution in [3.05, 3.63) is 34.3 Å². The van der Waals surface area contributed by atoms with E-state index >= 15 is 0 Å². The van der Waals surface area contributed by atoms with E-state index in [1.54, 1.807) is 6.07 Å². The maximum atomic E-state index is 12.6. The lowest BCUT2D eigenvalue weighted by Gasteiger charge is -2.34. The second-order valence-electron chi connectivity index (χ2n) is 5.04. The van der Waals surface area contributed by atoms with Crippen LogP contribution in [0.3, 0.4) is 0 Å². The highest BCUT2D eigenvalue weighted by atomic mass is 35.5. The predicted octanol–water partition coefficient (Wildman–Crippen LogP) is 2.86. The van der Waals surface area contributed by atoms with Crippen molar-refractivity contribution in [1.82, 2.24) is 10.2 Å². The van der Waals surface area contributed by atoms with Gasteiger partial charge in [-0.25, -0.2) is 0 Å². The predicted molar refractivity (Wildman–Crippen MR) is 78.8 cm³/mol. The molecule has 1 aliphatic rings. The Balaban J connectivity index is 2.17. The summed E-state index contributed by atoms with van der Waals surface area (Å²) >= 11 is 6.01. The van der Waals surface area contributed by atoms with Crippen LogP contribution in [0.4, 0.5) is 0 Å². The first kappa shape index (κ1) is 14.4. The minimum absolute atomic E-state index is 0.120. The Morgan fingerprint density at radius 3 is 2.68 bits per heavy atom. The third-order valence-corrected chi connectivity index (χ3v) is 4.18. The molecule has 19 heavy (non-hydrogen) atoms. The van der Waals surface area contributed by atoms with Gasteiger partial charge in [0.2, 0.25) is 0 Å². The van der Waals surface area contributed by atoms with Crippen molar-refractivity contribution in [3.8, 4) is 0 Å². The number of nitrogens with zero attached hydrogens (tertiary/aromatic N) is 1. The smallest absolute Gasteiger partial charge is 0.254 e. The molecule has 0 radical (unpaired) electrons. The van der Waals surface area contributed by atoms with Crippen LogP contribution in [0.25, 0.3) is 0 Å². The second-order valence-corrected chi connectivity index (χ2v) is 5.44. The van der Waals surface area contributed by atoms with E-state index in [-0.39, 0.29) is 5.91 Å². The third-order valence-electron chi connectivity index (χ3n) is 3.76. The molecule has 4 heteroatoms. The molecule has 0 aromatic heterocycles. The van der Waals surface area contributed by atoms with Gasteiger partial charge in [0.15, 0.2) is 0 Å². The number of rotatable bonds is 3. The molecule has 104 valence electrons. The van der Waals surface area contributed by atoms with Crippen LogP contribution >= 0.6 is 11.6 Å². The van der Waals surface area contributed by atoms with E-state index in [0.717, 1.165) is 43.6 Å². The fraction of sp³-hybridized carbons (Fsp3) is 0.533. The largest absolute Gasteiger partial charge is 0.336 e. The summed E-state index contributed by atoms with van der Waals surface area (Å²) in [5, 5.41) is 4.04. The van der Waals surface area contributed by atoms with E-state index < -0.39 is 0 Å². The third kappa shape index (κ3) is 3.28. The van der Waals surface area contributed by atoms with Crippen LogP contribution in [-0.4, -0.2) is 36.5 Å². The lowest BCUT2D eigenvalue weighted by Crippen LogP contribution is -2.46. The summed E-state index contributed by atoms with van der Waals surface area (Å²) in [5.74, 6) is 0.120. The molecule has 0 unspecified atom stereocenters. The first-order chi connectivity index (χ1) is 9.13. The van der Waals surface area contributed by atoms with Gasteiger partial charge in [-0.3, -0.25) is 4.79 Å². The van der Waals surface area contributed by atoms with Crippen LogP contribution in [0.5, 0.6) is 0 Å². The Bertz CT molecular complexity index is 455. The fourth-order valence-corrected chi connectivity index (χ4v) is 2.75. The molecule has 1 fully saturated rings. The standard InChI is InChI=1S/C15H21ClN2O/c1-3-18(13-6-8-17-9-7-13)15(19)12-4-5-14(16)11(2)10-12/h4-5,10,13,17H,3,6-9H2,1-2H3. The van der Waals surface area contributed by atoms with E-state index in [0.29, 0.717) is 11.1 Å². The van der Waals surface area contributed by atoms with E-state index in [4.69, 9.17) is 11.6 Å². The first-order valence-electron chi connectivity index (χ1n) is 6.91. The molecule has 0 spiro atoms. The summed E-state index contributed by atoms with van der Waals surface area (Å²) in [6.07, 6.45) is 2.07. The molecule has 2 rings (SSSR count). The van der Waals surface area contributed by atoms with E-state index in [1.165, 1.54) is 0 Å². The number of nitrogens with one attached hydrogen (secondary N) is 1. The maximum Gasteiger partial charge on any atom is 0.254 e. The van der Waals surface area contributed by atoms with Crippen molar-refractivity contribution < 1.29 is 4.79 Å². The van der Waals surface area contributed by atoms with Gasteiger partial charge in [-0.2, -0.15) is 0 Å². The molecule has 1 aromatic carbocycles. The van der Waals surface area contributed by atoms with Crippen LogP contribution in [0, 0.1) is 6.92 Å². The van der Waals surface area contributed by atoms with Crippen LogP contribution in [-0.2, 0) is 0 Å². The lowest BCUT2D eigenvalue weighted by atomic mass is 10.0. The number of amides is 1. The molecular formula is C15H21ClN2O. The topological polar surface area (TPSA) is 32.3 Å². The molecule has 1 aromatic rings. The molecule has 1 aliphatic heterocycles. The van der Waals surface area contributed by atoms with Gasteiger partial charge >= 0.3 is 0 Å². The van der Waals surface area contributed by atoms with Gasteiger partial charge in [0.1, 0.15) is 0 Å². The highest BCUT2D eigenvalue weighted by Gasteiger charge is 2.24. The molecule has 1 heterocycles. The number of hydrogen-bond acceptors (Lipinski definition) is 2. The second kappa shape index (κ2) is 6.40. The Kier molecular flexibility index (Phi) is 4.83. The zero-order valence-corrected chi connectivity index (χ0v) is 12.3. The number of carbonyl (C=O) groups excluding carboxylic acids is 1. The van der Waals surface area contributed by atoms with Gasteiger partial charge in [-0.15, -0.1) is 0 Å². The van der Waals surface area contributed by atoms with E-state index in [9.17, 15) is 4.79 Å². The molecule has 1 N–H and O–H groups in total. The van der Waals surface area contributed by atoms with Crippen LogP contribution in [0.1, 0.15) is 35.7 Å². The molecule has 0 saturated carbocycles. The summed E-state index contributed by atoms with van der Waals surface area (Å²) in [6, 6.07) is 5.87. The van der Waals surface area contributed by atoms with Gasteiger partial charge in [0, 0.05) is 23.2 Å². The first-order valence-corrected chi connectivity index (χ1v) is 7.29. The zero-order chi connectivity index (χ0) is 13.8. The number of carbonyl (C=O) groups is 1. The van der Waals surface area contributed by atoms with Crippen molar-refractivity contribution in [2.24, 2.45) is 0 Å². The Hall–Kier alpha value is -1.06. The SMILES string of the molecule is CCN(C(=O)c1ccc(Cl)c(C)c1)C1CCNCC1. The van der Waals surface area contributed by atoms with E-state index in [2.05, 4.69) is 5.32 Å².